The predicted octanol–water partition coefficient (Wildman–Crippen LogP) is 10.0. The summed E-state index contributed by atoms with van der Waals surface area (Å²) in [6, 6.07) is 0. The second-order valence-corrected chi connectivity index (χ2v) is 10.3. The lowest BCUT2D eigenvalue weighted by Crippen LogP contribution is -2.23. The van der Waals surface area contributed by atoms with Gasteiger partial charge in [0.1, 0.15) is 0 Å². The Hall–Kier alpha value is -1.31. The van der Waals surface area contributed by atoms with Gasteiger partial charge in [0.2, 0.25) is 5.91 Å². The van der Waals surface area contributed by atoms with Crippen molar-refractivity contribution in [2.24, 2.45) is 0 Å². The molecule has 0 heterocycles. The number of nitrogens with one attached hydrogen (secondary N) is 1. The SMILES string of the molecule is CCCCCCCCCCCCCCCC(=O)NC/C=C(\C)CC/C=C(\C)CCC=C(C)C. The Balaban J connectivity index is 3.56. The summed E-state index contributed by atoms with van der Waals surface area (Å²) in [6.07, 6.45) is 29.5. The largest absolute Gasteiger partial charge is 0.353 e. The molecular weight excluding hydrogens is 402 g/mol. The molecule has 0 aliphatic rings. The molecule has 0 unspecified atom stereocenters. The number of carbonyl (C=O) groups is 1. The van der Waals surface area contributed by atoms with E-state index < -0.39 is 0 Å². The molecule has 1 amide bonds. The topological polar surface area (TPSA) is 29.1 Å². The van der Waals surface area contributed by atoms with Gasteiger partial charge in [-0.1, -0.05) is 119 Å². The van der Waals surface area contributed by atoms with Crippen molar-refractivity contribution in [2.75, 3.05) is 6.54 Å². The minimum absolute atomic E-state index is 0.206. The summed E-state index contributed by atoms with van der Waals surface area (Å²) in [7, 11) is 0. The van der Waals surface area contributed by atoms with Gasteiger partial charge in [0.05, 0.1) is 0 Å². The third kappa shape index (κ3) is 25.2. The fourth-order valence-corrected chi connectivity index (χ4v) is 4.07. The first-order chi connectivity index (χ1) is 16.0. The van der Waals surface area contributed by atoms with Crippen LogP contribution in [0.4, 0.5) is 0 Å². The van der Waals surface area contributed by atoms with E-state index in [2.05, 4.69) is 58.2 Å². The van der Waals surface area contributed by atoms with Crippen molar-refractivity contribution < 1.29 is 4.79 Å². The van der Waals surface area contributed by atoms with E-state index >= 15 is 0 Å². The second kappa shape index (κ2) is 23.8. The van der Waals surface area contributed by atoms with Crippen molar-refractivity contribution in [3.63, 3.8) is 0 Å². The first kappa shape index (κ1) is 31.7. The summed E-state index contributed by atoms with van der Waals surface area (Å²) < 4.78 is 0. The number of unbranched alkanes of at least 4 members (excludes halogenated alkanes) is 12. The van der Waals surface area contributed by atoms with Crippen LogP contribution in [0.1, 0.15) is 150 Å². The van der Waals surface area contributed by atoms with Crippen LogP contribution in [0.2, 0.25) is 0 Å². The minimum Gasteiger partial charge on any atom is -0.353 e. The number of allylic oxidation sites excluding steroid dienone is 5. The highest BCUT2D eigenvalue weighted by Gasteiger charge is 2.00. The van der Waals surface area contributed by atoms with E-state index in [0.29, 0.717) is 13.0 Å². The van der Waals surface area contributed by atoms with Crippen LogP contribution in [-0.4, -0.2) is 12.5 Å². The molecule has 0 atom stereocenters. The summed E-state index contributed by atoms with van der Waals surface area (Å²) in [5.74, 6) is 0.206. The molecule has 1 N–H and O–H groups in total. The van der Waals surface area contributed by atoms with Crippen molar-refractivity contribution in [3.8, 4) is 0 Å². The van der Waals surface area contributed by atoms with Crippen LogP contribution in [0.25, 0.3) is 0 Å². The van der Waals surface area contributed by atoms with E-state index in [-0.39, 0.29) is 5.91 Å². The lowest BCUT2D eigenvalue weighted by molar-refractivity contribution is -0.121. The third-order valence-electron chi connectivity index (χ3n) is 6.38. The van der Waals surface area contributed by atoms with E-state index in [0.717, 1.165) is 32.1 Å². The summed E-state index contributed by atoms with van der Waals surface area (Å²) in [4.78, 5) is 12.0. The lowest BCUT2D eigenvalue weighted by Gasteiger charge is -2.05. The molecule has 0 rings (SSSR count). The van der Waals surface area contributed by atoms with Crippen molar-refractivity contribution in [3.05, 3.63) is 34.9 Å². The molecule has 0 bridgehead atoms. The standard InChI is InChI=1S/C31H57NO/c1-6-7-8-9-10-11-12-13-14-15-16-17-18-25-31(33)32-27-26-30(5)24-20-23-29(4)22-19-21-28(2)3/h21,23,26H,6-20,22,24-25,27H2,1-5H3,(H,32,33)/b29-23+,30-26+. The zero-order chi connectivity index (χ0) is 24.6. The Labute approximate surface area is 207 Å². The van der Waals surface area contributed by atoms with Crippen LogP contribution in [0.3, 0.4) is 0 Å². The zero-order valence-corrected chi connectivity index (χ0v) is 23.1. The Morgan fingerprint density at radius 1 is 0.576 bits per heavy atom. The monoisotopic (exact) mass is 459 g/mol. The maximum atomic E-state index is 12.0. The maximum Gasteiger partial charge on any atom is 0.220 e. The second-order valence-electron chi connectivity index (χ2n) is 10.3. The molecule has 0 saturated carbocycles. The van der Waals surface area contributed by atoms with Gasteiger partial charge >= 0.3 is 0 Å². The minimum atomic E-state index is 0.206. The van der Waals surface area contributed by atoms with E-state index in [1.54, 1.807) is 0 Å². The number of rotatable bonds is 22. The van der Waals surface area contributed by atoms with Gasteiger partial charge in [0.25, 0.3) is 0 Å². The summed E-state index contributed by atoms with van der Waals surface area (Å²) >= 11 is 0. The zero-order valence-electron chi connectivity index (χ0n) is 23.1. The molecule has 2 nitrogen and oxygen atoms in total. The van der Waals surface area contributed by atoms with Crippen molar-refractivity contribution in [1.82, 2.24) is 5.32 Å². The van der Waals surface area contributed by atoms with Gasteiger partial charge in [-0.3, -0.25) is 4.79 Å². The fraction of sp³-hybridized carbons (Fsp3) is 0.774. The van der Waals surface area contributed by atoms with Crippen molar-refractivity contribution in [1.29, 1.82) is 0 Å². The first-order valence-electron chi connectivity index (χ1n) is 14.2. The number of hydrogen-bond acceptors (Lipinski definition) is 1. The number of carbonyl (C=O) groups excluding carboxylic acids is 1. The average molecular weight is 460 g/mol. The Bertz CT molecular complexity index is 551. The van der Waals surface area contributed by atoms with Gasteiger partial charge in [-0.25, -0.2) is 0 Å². The molecule has 192 valence electrons. The molecule has 0 saturated heterocycles. The van der Waals surface area contributed by atoms with Gasteiger partial charge in [-0.2, -0.15) is 0 Å². The molecule has 0 aliphatic carbocycles. The Morgan fingerprint density at radius 3 is 1.55 bits per heavy atom. The van der Waals surface area contributed by atoms with Gasteiger partial charge < -0.3 is 5.32 Å². The van der Waals surface area contributed by atoms with Crippen LogP contribution < -0.4 is 5.32 Å². The van der Waals surface area contributed by atoms with Crippen LogP contribution in [-0.2, 0) is 4.79 Å². The van der Waals surface area contributed by atoms with Crippen molar-refractivity contribution in [2.45, 2.75) is 150 Å². The highest BCUT2D eigenvalue weighted by atomic mass is 16.1. The average Bonchev–Trinajstić information content (AvgIpc) is 2.76. The van der Waals surface area contributed by atoms with E-state index in [1.807, 2.05) is 0 Å². The Kier molecular flexibility index (Phi) is 22.9. The summed E-state index contributed by atoms with van der Waals surface area (Å²) in [5.41, 5.74) is 4.24. The van der Waals surface area contributed by atoms with E-state index in [4.69, 9.17) is 0 Å². The van der Waals surface area contributed by atoms with Crippen LogP contribution in [0.15, 0.2) is 34.9 Å². The van der Waals surface area contributed by atoms with Gasteiger partial charge in [0, 0.05) is 13.0 Å². The Morgan fingerprint density at radius 2 is 1.03 bits per heavy atom. The quantitative estimate of drug-likeness (QED) is 0.127. The van der Waals surface area contributed by atoms with Gasteiger partial charge in [-0.05, 0) is 59.8 Å². The summed E-state index contributed by atoms with van der Waals surface area (Å²) in [5, 5.41) is 3.06. The fourth-order valence-electron chi connectivity index (χ4n) is 4.07. The predicted molar refractivity (Wildman–Crippen MR) is 149 cm³/mol. The maximum absolute atomic E-state index is 12.0. The number of hydrogen-bond donors (Lipinski definition) is 1. The lowest BCUT2D eigenvalue weighted by atomic mass is 10.0. The van der Waals surface area contributed by atoms with Crippen LogP contribution in [0.5, 0.6) is 0 Å². The molecule has 0 radical (unpaired) electrons. The molecule has 33 heavy (non-hydrogen) atoms. The highest BCUT2D eigenvalue weighted by molar-refractivity contribution is 5.75. The first-order valence-corrected chi connectivity index (χ1v) is 14.2. The van der Waals surface area contributed by atoms with Crippen LogP contribution in [0, 0.1) is 0 Å². The molecule has 2 heteroatoms. The smallest absolute Gasteiger partial charge is 0.220 e. The molecule has 0 aromatic rings. The third-order valence-corrected chi connectivity index (χ3v) is 6.38. The highest BCUT2D eigenvalue weighted by Crippen LogP contribution is 2.13. The molecule has 0 aromatic carbocycles. The van der Waals surface area contributed by atoms with Gasteiger partial charge in [0.15, 0.2) is 0 Å². The van der Waals surface area contributed by atoms with Crippen molar-refractivity contribution >= 4 is 5.91 Å². The summed E-state index contributed by atoms with van der Waals surface area (Å²) in [6.45, 7) is 11.7. The molecule has 0 spiro atoms. The van der Waals surface area contributed by atoms with E-state index in [9.17, 15) is 4.79 Å². The van der Waals surface area contributed by atoms with E-state index in [1.165, 1.54) is 93.8 Å². The van der Waals surface area contributed by atoms with Crippen LogP contribution >= 0.6 is 0 Å². The molecule has 0 aliphatic heterocycles. The molecule has 0 fully saturated rings. The van der Waals surface area contributed by atoms with Gasteiger partial charge in [-0.15, -0.1) is 0 Å². The molecule has 0 aromatic heterocycles. The normalized spacial score (nSPS) is 12.2. The molecular formula is C31H57NO. The number of amides is 1.